The van der Waals surface area contributed by atoms with Gasteiger partial charge in [-0.15, -0.1) is 0 Å². The number of carbonyl (C=O) groups is 2. The summed E-state index contributed by atoms with van der Waals surface area (Å²) in [6.45, 7) is 2.32. The van der Waals surface area contributed by atoms with Crippen molar-refractivity contribution in [1.82, 2.24) is 10.2 Å². The lowest BCUT2D eigenvalue weighted by atomic mass is 10.0. The second kappa shape index (κ2) is 6.58. The van der Waals surface area contributed by atoms with Crippen LogP contribution in [0.2, 0.25) is 0 Å². The molecule has 0 aromatic heterocycles. The van der Waals surface area contributed by atoms with Crippen LogP contribution in [0, 0.1) is 0 Å². The molecule has 1 aromatic rings. The Morgan fingerprint density at radius 3 is 2.62 bits per heavy atom. The van der Waals surface area contributed by atoms with Crippen LogP contribution in [0.4, 0.5) is 4.79 Å². The zero-order chi connectivity index (χ0) is 15.4. The molecule has 114 valence electrons. The molecule has 3 atom stereocenters. The van der Waals surface area contributed by atoms with Crippen LogP contribution in [0.3, 0.4) is 0 Å². The summed E-state index contributed by atoms with van der Waals surface area (Å²) in [4.78, 5) is 24.3. The monoisotopic (exact) mass is 292 g/mol. The number of carboxylic acid groups (broad SMARTS) is 1. The molecule has 0 unspecified atom stereocenters. The minimum Gasteiger partial charge on any atom is -0.467 e. The lowest BCUT2D eigenvalue weighted by Gasteiger charge is -2.26. The number of carbonyl (C=O) groups excluding carboxylic acids is 1. The number of nitrogens with zero attached hydrogens (tertiary/aromatic N) is 1. The number of hydrogen-bond acceptors (Lipinski definition) is 4. The van der Waals surface area contributed by atoms with Gasteiger partial charge in [-0.25, -0.2) is 9.59 Å². The Bertz CT molecular complexity index is 506. The second-order valence-corrected chi connectivity index (χ2v) is 5.14. The van der Waals surface area contributed by atoms with E-state index in [-0.39, 0.29) is 12.1 Å². The van der Waals surface area contributed by atoms with Crippen LogP contribution < -0.4 is 5.32 Å². The molecule has 1 heterocycles. The molecule has 1 aromatic carbocycles. The van der Waals surface area contributed by atoms with Crippen molar-refractivity contribution in [3.8, 4) is 0 Å². The van der Waals surface area contributed by atoms with Crippen molar-refractivity contribution in [2.75, 3.05) is 13.7 Å². The van der Waals surface area contributed by atoms with Crippen molar-refractivity contribution in [2.45, 2.75) is 31.5 Å². The van der Waals surface area contributed by atoms with Gasteiger partial charge in [-0.05, 0) is 18.9 Å². The molecular formula is C15H20N2O4. The van der Waals surface area contributed by atoms with E-state index in [2.05, 4.69) is 5.32 Å². The van der Waals surface area contributed by atoms with Crippen LogP contribution in [0.15, 0.2) is 30.3 Å². The van der Waals surface area contributed by atoms with Crippen molar-refractivity contribution >= 4 is 12.1 Å². The fourth-order valence-electron chi connectivity index (χ4n) is 2.75. The maximum Gasteiger partial charge on any atom is 0.408 e. The molecule has 6 heteroatoms. The SMILES string of the molecule is COC(=O)[C@H]1[C@@H](N[C@@H](C)c2ccccc2)CCN1C(=O)O. The summed E-state index contributed by atoms with van der Waals surface area (Å²) < 4.78 is 4.75. The van der Waals surface area contributed by atoms with Gasteiger partial charge in [0.25, 0.3) is 0 Å². The van der Waals surface area contributed by atoms with Gasteiger partial charge in [0.1, 0.15) is 6.04 Å². The van der Waals surface area contributed by atoms with Crippen molar-refractivity contribution < 1.29 is 19.4 Å². The molecule has 6 nitrogen and oxygen atoms in total. The number of ether oxygens (including phenoxy) is 1. The van der Waals surface area contributed by atoms with Gasteiger partial charge in [-0.3, -0.25) is 4.90 Å². The number of esters is 1. The summed E-state index contributed by atoms with van der Waals surface area (Å²) in [6.07, 6.45) is -0.509. The number of likely N-dealkylation sites (tertiary alicyclic amines) is 1. The molecule has 0 bridgehead atoms. The average Bonchev–Trinajstić information content (AvgIpc) is 2.91. The van der Waals surface area contributed by atoms with Crippen LogP contribution >= 0.6 is 0 Å². The van der Waals surface area contributed by atoms with Crippen LogP contribution in [-0.2, 0) is 9.53 Å². The molecule has 1 fully saturated rings. The molecular weight excluding hydrogens is 272 g/mol. The minimum atomic E-state index is -1.10. The van der Waals surface area contributed by atoms with E-state index < -0.39 is 18.1 Å². The van der Waals surface area contributed by atoms with Gasteiger partial charge in [0.2, 0.25) is 0 Å². The lowest BCUT2D eigenvalue weighted by molar-refractivity contribution is -0.146. The van der Waals surface area contributed by atoms with E-state index in [9.17, 15) is 14.7 Å². The molecule has 0 aliphatic carbocycles. The number of benzene rings is 1. The standard InChI is InChI=1S/C15H20N2O4/c1-10(11-6-4-3-5-7-11)16-12-8-9-17(15(19)20)13(12)14(18)21-2/h3-7,10,12-13,16H,8-9H2,1-2H3,(H,19,20)/t10-,12-,13+/m0/s1. The number of rotatable bonds is 4. The normalized spacial score (nSPS) is 22.9. The van der Waals surface area contributed by atoms with Crippen molar-refractivity contribution in [3.05, 3.63) is 35.9 Å². The number of nitrogens with one attached hydrogen (secondary N) is 1. The Hall–Kier alpha value is -2.08. The summed E-state index contributed by atoms with van der Waals surface area (Å²) in [6, 6.07) is 8.81. The number of methoxy groups -OCH3 is 1. The topological polar surface area (TPSA) is 78.9 Å². The highest BCUT2D eigenvalue weighted by atomic mass is 16.5. The fourth-order valence-corrected chi connectivity index (χ4v) is 2.75. The van der Waals surface area contributed by atoms with Gasteiger partial charge in [0.15, 0.2) is 0 Å². The first-order chi connectivity index (χ1) is 10.0. The fraction of sp³-hybridized carbons (Fsp3) is 0.467. The third kappa shape index (κ3) is 3.33. The Kier molecular flexibility index (Phi) is 4.80. The Morgan fingerprint density at radius 2 is 2.05 bits per heavy atom. The Morgan fingerprint density at radius 1 is 1.38 bits per heavy atom. The van der Waals surface area contributed by atoms with Gasteiger partial charge in [-0.2, -0.15) is 0 Å². The lowest BCUT2D eigenvalue weighted by Crippen LogP contribution is -2.50. The maximum atomic E-state index is 11.9. The van der Waals surface area contributed by atoms with Gasteiger partial charge < -0.3 is 15.2 Å². The van der Waals surface area contributed by atoms with Gasteiger partial charge in [-0.1, -0.05) is 30.3 Å². The van der Waals surface area contributed by atoms with E-state index in [1.54, 1.807) is 0 Å². The van der Waals surface area contributed by atoms with E-state index in [0.29, 0.717) is 13.0 Å². The molecule has 21 heavy (non-hydrogen) atoms. The van der Waals surface area contributed by atoms with Crippen LogP contribution in [-0.4, -0.2) is 47.8 Å². The van der Waals surface area contributed by atoms with Gasteiger partial charge in [0.05, 0.1) is 7.11 Å². The summed E-state index contributed by atoms with van der Waals surface area (Å²) in [5, 5.41) is 12.5. The molecule has 0 spiro atoms. The van der Waals surface area contributed by atoms with Gasteiger partial charge >= 0.3 is 12.1 Å². The van der Waals surface area contributed by atoms with E-state index in [4.69, 9.17) is 4.74 Å². The molecule has 0 saturated carbocycles. The third-order valence-corrected chi connectivity index (χ3v) is 3.85. The predicted molar refractivity (Wildman–Crippen MR) is 76.9 cm³/mol. The van der Waals surface area contributed by atoms with E-state index in [1.165, 1.54) is 7.11 Å². The predicted octanol–water partition coefficient (Wildman–Crippen LogP) is 1.63. The Labute approximate surface area is 123 Å². The molecule has 1 saturated heterocycles. The summed E-state index contributed by atoms with van der Waals surface area (Å²) in [5.74, 6) is -0.521. The molecule has 2 N–H and O–H groups in total. The van der Waals surface area contributed by atoms with Crippen molar-refractivity contribution in [2.24, 2.45) is 0 Å². The van der Waals surface area contributed by atoms with Crippen molar-refractivity contribution in [1.29, 1.82) is 0 Å². The van der Waals surface area contributed by atoms with Crippen LogP contribution in [0.1, 0.15) is 24.9 Å². The van der Waals surface area contributed by atoms with Crippen LogP contribution in [0.25, 0.3) is 0 Å². The summed E-state index contributed by atoms with van der Waals surface area (Å²) in [7, 11) is 1.28. The molecule has 2 rings (SSSR count). The zero-order valence-electron chi connectivity index (χ0n) is 12.2. The van der Waals surface area contributed by atoms with Crippen LogP contribution in [0.5, 0.6) is 0 Å². The number of amides is 1. The van der Waals surface area contributed by atoms with E-state index >= 15 is 0 Å². The summed E-state index contributed by atoms with van der Waals surface area (Å²) >= 11 is 0. The first-order valence-electron chi connectivity index (χ1n) is 6.93. The highest BCUT2D eigenvalue weighted by Gasteiger charge is 2.43. The largest absolute Gasteiger partial charge is 0.467 e. The molecule has 0 radical (unpaired) electrons. The second-order valence-electron chi connectivity index (χ2n) is 5.14. The smallest absolute Gasteiger partial charge is 0.408 e. The zero-order valence-corrected chi connectivity index (χ0v) is 12.2. The first-order valence-corrected chi connectivity index (χ1v) is 6.93. The van der Waals surface area contributed by atoms with Crippen molar-refractivity contribution in [3.63, 3.8) is 0 Å². The minimum absolute atomic E-state index is 0.0251. The maximum absolute atomic E-state index is 11.9. The van der Waals surface area contributed by atoms with E-state index in [0.717, 1.165) is 10.5 Å². The summed E-state index contributed by atoms with van der Waals surface area (Å²) in [5.41, 5.74) is 1.09. The molecule has 1 aliphatic heterocycles. The van der Waals surface area contributed by atoms with Gasteiger partial charge in [0, 0.05) is 18.6 Å². The van der Waals surface area contributed by atoms with E-state index in [1.807, 2.05) is 37.3 Å². The highest BCUT2D eigenvalue weighted by Crippen LogP contribution is 2.23. The molecule has 1 aliphatic rings. The quantitative estimate of drug-likeness (QED) is 0.825. The highest BCUT2D eigenvalue weighted by molar-refractivity contribution is 5.82. The number of hydrogen-bond donors (Lipinski definition) is 2. The Balaban J connectivity index is 2.11. The first kappa shape index (κ1) is 15.3. The average molecular weight is 292 g/mol. The molecule has 1 amide bonds. The third-order valence-electron chi connectivity index (χ3n) is 3.85.